The number of carbonyl (C=O) groups is 1. The lowest BCUT2D eigenvalue weighted by atomic mass is 10.2. The molecule has 0 spiro atoms. The SMILES string of the molecule is COc1cc(C(=O)Nc2cccc(O)c2)ccn1. The van der Waals surface area contributed by atoms with Crippen LogP contribution in [0.4, 0.5) is 5.69 Å². The molecule has 0 aliphatic rings. The molecule has 0 fully saturated rings. The number of phenols is 1. The van der Waals surface area contributed by atoms with Gasteiger partial charge in [0.25, 0.3) is 5.91 Å². The van der Waals surface area contributed by atoms with Gasteiger partial charge in [0, 0.05) is 29.6 Å². The molecule has 1 heterocycles. The number of nitrogens with one attached hydrogen (secondary N) is 1. The molecule has 5 nitrogen and oxygen atoms in total. The van der Waals surface area contributed by atoms with E-state index in [0.717, 1.165) is 0 Å². The molecular weight excluding hydrogens is 232 g/mol. The van der Waals surface area contributed by atoms with E-state index in [4.69, 9.17) is 4.74 Å². The fraction of sp³-hybridized carbons (Fsp3) is 0.0769. The van der Waals surface area contributed by atoms with Crippen LogP contribution in [-0.2, 0) is 0 Å². The molecule has 0 aliphatic heterocycles. The average Bonchev–Trinajstić information content (AvgIpc) is 2.39. The number of anilines is 1. The number of nitrogens with zero attached hydrogens (tertiary/aromatic N) is 1. The van der Waals surface area contributed by atoms with E-state index in [1.165, 1.54) is 31.5 Å². The minimum Gasteiger partial charge on any atom is -0.508 e. The molecule has 0 aliphatic carbocycles. The predicted octanol–water partition coefficient (Wildman–Crippen LogP) is 2.05. The average molecular weight is 244 g/mol. The molecule has 0 radical (unpaired) electrons. The predicted molar refractivity (Wildman–Crippen MR) is 66.8 cm³/mol. The van der Waals surface area contributed by atoms with Gasteiger partial charge in [-0.25, -0.2) is 4.98 Å². The van der Waals surface area contributed by atoms with Gasteiger partial charge >= 0.3 is 0 Å². The van der Waals surface area contributed by atoms with Crippen molar-refractivity contribution in [1.29, 1.82) is 0 Å². The lowest BCUT2D eigenvalue weighted by molar-refractivity contribution is 0.102. The maximum Gasteiger partial charge on any atom is 0.255 e. The highest BCUT2D eigenvalue weighted by Crippen LogP contribution is 2.17. The molecule has 1 aromatic heterocycles. The van der Waals surface area contributed by atoms with Crippen LogP contribution in [0, 0.1) is 0 Å². The number of hydrogen-bond acceptors (Lipinski definition) is 4. The van der Waals surface area contributed by atoms with Crippen molar-refractivity contribution in [1.82, 2.24) is 4.98 Å². The topological polar surface area (TPSA) is 71.5 Å². The van der Waals surface area contributed by atoms with Crippen molar-refractivity contribution >= 4 is 11.6 Å². The van der Waals surface area contributed by atoms with Crippen molar-refractivity contribution in [3.63, 3.8) is 0 Å². The van der Waals surface area contributed by atoms with Crippen molar-refractivity contribution in [2.24, 2.45) is 0 Å². The highest BCUT2D eigenvalue weighted by Gasteiger charge is 2.07. The molecule has 2 rings (SSSR count). The Morgan fingerprint density at radius 3 is 2.89 bits per heavy atom. The number of ether oxygens (including phenoxy) is 1. The van der Waals surface area contributed by atoms with Crippen LogP contribution in [0.5, 0.6) is 11.6 Å². The molecule has 2 N–H and O–H groups in total. The van der Waals surface area contributed by atoms with E-state index in [-0.39, 0.29) is 11.7 Å². The minimum absolute atomic E-state index is 0.0973. The molecule has 0 atom stereocenters. The van der Waals surface area contributed by atoms with Gasteiger partial charge in [0.15, 0.2) is 0 Å². The van der Waals surface area contributed by atoms with Gasteiger partial charge < -0.3 is 15.2 Å². The number of carbonyl (C=O) groups excluding carboxylic acids is 1. The molecule has 1 amide bonds. The third kappa shape index (κ3) is 2.76. The zero-order valence-electron chi connectivity index (χ0n) is 9.75. The van der Waals surface area contributed by atoms with Crippen LogP contribution in [0.3, 0.4) is 0 Å². The van der Waals surface area contributed by atoms with Gasteiger partial charge in [-0.3, -0.25) is 4.79 Å². The number of methoxy groups -OCH3 is 1. The van der Waals surface area contributed by atoms with Gasteiger partial charge in [-0.1, -0.05) is 6.07 Å². The van der Waals surface area contributed by atoms with Crippen LogP contribution in [-0.4, -0.2) is 23.1 Å². The van der Waals surface area contributed by atoms with E-state index in [9.17, 15) is 9.90 Å². The maximum atomic E-state index is 11.9. The largest absolute Gasteiger partial charge is 0.508 e. The van der Waals surface area contributed by atoms with E-state index in [1.807, 2.05) is 0 Å². The zero-order valence-corrected chi connectivity index (χ0v) is 9.75. The first-order valence-corrected chi connectivity index (χ1v) is 5.29. The molecule has 2 aromatic rings. The highest BCUT2D eigenvalue weighted by molar-refractivity contribution is 6.04. The number of amides is 1. The Balaban J connectivity index is 2.16. The van der Waals surface area contributed by atoms with Gasteiger partial charge in [0.05, 0.1) is 7.11 Å². The molecule has 1 aromatic carbocycles. The Hall–Kier alpha value is -2.56. The Morgan fingerprint density at radius 1 is 1.33 bits per heavy atom. The minimum atomic E-state index is -0.290. The highest BCUT2D eigenvalue weighted by atomic mass is 16.5. The standard InChI is InChI=1S/C13H12N2O3/c1-18-12-7-9(5-6-14-12)13(17)15-10-3-2-4-11(16)8-10/h2-8,16H,1H3,(H,15,17). The molecule has 92 valence electrons. The van der Waals surface area contributed by atoms with Crippen LogP contribution in [0.15, 0.2) is 42.6 Å². The van der Waals surface area contributed by atoms with Gasteiger partial charge in [0.1, 0.15) is 5.75 Å². The third-order valence-corrected chi connectivity index (χ3v) is 2.31. The van der Waals surface area contributed by atoms with E-state index in [0.29, 0.717) is 17.1 Å². The lowest BCUT2D eigenvalue weighted by Crippen LogP contribution is -2.12. The normalized spacial score (nSPS) is 9.83. The molecule has 0 saturated carbocycles. The molecule has 0 bridgehead atoms. The molecule has 0 unspecified atom stereocenters. The van der Waals surface area contributed by atoms with Gasteiger partial charge in [-0.15, -0.1) is 0 Å². The summed E-state index contributed by atoms with van der Waals surface area (Å²) in [6.45, 7) is 0. The number of benzene rings is 1. The van der Waals surface area contributed by atoms with Gasteiger partial charge in [0.2, 0.25) is 5.88 Å². The summed E-state index contributed by atoms with van der Waals surface area (Å²) in [6, 6.07) is 9.47. The van der Waals surface area contributed by atoms with Crippen molar-refractivity contribution in [2.75, 3.05) is 12.4 Å². The Labute approximate surface area is 104 Å². The Bertz CT molecular complexity index is 570. The first-order chi connectivity index (χ1) is 8.69. The molecule has 18 heavy (non-hydrogen) atoms. The number of aromatic hydroxyl groups is 1. The molecule has 0 saturated heterocycles. The van der Waals surface area contributed by atoms with Crippen molar-refractivity contribution in [3.8, 4) is 11.6 Å². The Kier molecular flexibility index (Phi) is 3.43. The van der Waals surface area contributed by atoms with Crippen molar-refractivity contribution < 1.29 is 14.6 Å². The van der Waals surface area contributed by atoms with E-state index < -0.39 is 0 Å². The summed E-state index contributed by atoms with van der Waals surface area (Å²) in [5.74, 6) is 0.181. The monoisotopic (exact) mass is 244 g/mol. The summed E-state index contributed by atoms with van der Waals surface area (Å²) >= 11 is 0. The summed E-state index contributed by atoms with van der Waals surface area (Å²) in [7, 11) is 1.49. The summed E-state index contributed by atoms with van der Waals surface area (Å²) in [5, 5.41) is 12.0. The number of hydrogen-bond donors (Lipinski definition) is 2. The summed E-state index contributed by atoms with van der Waals surface area (Å²) in [4.78, 5) is 15.8. The van der Waals surface area contributed by atoms with Crippen LogP contribution < -0.4 is 10.1 Å². The number of rotatable bonds is 3. The fourth-order valence-corrected chi connectivity index (χ4v) is 1.45. The van der Waals surface area contributed by atoms with E-state index >= 15 is 0 Å². The molecular formula is C13H12N2O3. The van der Waals surface area contributed by atoms with Crippen LogP contribution in [0.2, 0.25) is 0 Å². The van der Waals surface area contributed by atoms with Crippen LogP contribution >= 0.6 is 0 Å². The van der Waals surface area contributed by atoms with Crippen molar-refractivity contribution in [3.05, 3.63) is 48.2 Å². The summed E-state index contributed by atoms with van der Waals surface area (Å²) < 4.78 is 4.94. The Morgan fingerprint density at radius 2 is 2.17 bits per heavy atom. The molecule has 5 heteroatoms. The summed E-state index contributed by atoms with van der Waals surface area (Å²) in [6.07, 6.45) is 1.50. The quantitative estimate of drug-likeness (QED) is 0.866. The van der Waals surface area contributed by atoms with Crippen molar-refractivity contribution in [2.45, 2.75) is 0 Å². The fourth-order valence-electron chi connectivity index (χ4n) is 1.45. The second-order valence-corrected chi connectivity index (χ2v) is 3.59. The van der Waals surface area contributed by atoms with E-state index in [1.54, 1.807) is 18.2 Å². The first-order valence-electron chi connectivity index (χ1n) is 5.29. The zero-order chi connectivity index (χ0) is 13.0. The third-order valence-electron chi connectivity index (χ3n) is 2.31. The first kappa shape index (κ1) is 11.9. The second-order valence-electron chi connectivity index (χ2n) is 3.59. The van der Waals surface area contributed by atoms with Crippen LogP contribution in [0.1, 0.15) is 10.4 Å². The smallest absolute Gasteiger partial charge is 0.255 e. The lowest BCUT2D eigenvalue weighted by Gasteiger charge is -2.06. The van der Waals surface area contributed by atoms with Crippen LogP contribution in [0.25, 0.3) is 0 Å². The number of aromatic nitrogens is 1. The number of pyridine rings is 1. The second kappa shape index (κ2) is 5.18. The van der Waals surface area contributed by atoms with E-state index in [2.05, 4.69) is 10.3 Å². The summed E-state index contributed by atoms with van der Waals surface area (Å²) in [5.41, 5.74) is 0.959. The maximum absolute atomic E-state index is 11.9. The van der Waals surface area contributed by atoms with Gasteiger partial charge in [-0.2, -0.15) is 0 Å². The number of phenolic OH excluding ortho intramolecular Hbond substituents is 1. The van der Waals surface area contributed by atoms with Gasteiger partial charge in [-0.05, 0) is 18.2 Å².